The highest BCUT2D eigenvalue weighted by Gasteiger charge is 2.44. The summed E-state index contributed by atoms with van der Waals surface area (Å²) in [7, 11) is -4.23. The third-order valence-corrected chi connectivity index (χ3v) is 7.20. The SMILES string of the molecule is Cc1cc2c(cc1C=Nc1cccc(S(=O)(=O)O)c1)C(C(C)C)C(C)C2(C)C. The second-order valence-electron chi connectivity index (χ2n) is 8.81. The molecule has 0 saturated heterocycles. The van der Waals surface area contributed by atoms with Gasteiger partial charge >= 0.3 is 0 Å². The minimum atomic E-state index is -4.23. The lowest BCUT2D eigenvalue weighted by atomic mass is 9.74. The number of benzene rings is 2. The van der Waals surface area contributed by atoms with Gasteiger partial charge in [-0.1, -0.05) is 46.8 Å². The Morgan fingerprint density at radius 1 is 1.18 bits per heavy atom. The lowest BCUT2D eigenvalue weighted by Crippen LogP contribution is -2.25. The van der Waals surface area contributed by atoms with Gasteiger partial charge in [-0.15, -0.1) is 0 Å². The normalized spacial score (nSPS) is 21.4. The Bertz CT molecular complexity index is 1040. The zero-order valence-corrected chi connectivity index (χ0v) is 18.2. The van der Waals surface area contributed by atoms with Gasteiger partial charge < -0.3 is 0 Å². The molecule has 28 heavy (non-hydrogen) atoms. The zero-order valence-electron chi connectivity index (χ0n) is 17.4. The van der Waals surface area contributed by atoms with Gasteiger partial charge in [0, 0.05) is 6.21 Å². The molecule has 0 radical (unpaired) electrons. The summed E-state index contributed by atoms with van der Waals surface area (Å²) < 4.78 is 31.9. The molecule has 0 bridgehead atoms. The van der Waals surface area contributed by atoms with Gasteiger partial charge in [-0.05, 0) is 76.6 Å². The van der Waals surface area contributed by atoms with Gasteiger partial charge in [0.2, 0.25) is 0 Å². The van der Waals surface area contributed by atoms with Crippen molar-refractivity contribution in [1.82, 2.24) is 0 Å². The molecule has 1 aliphatic rings. The molecule has 5 heteroatoms. The van der Waals surface area contributed by atoms with Gasteiger partial charge in [-0.3, -0.25) is 9.55 Å². The molecule has 150 valence electrons. The van der Waals surface area contributed by atoms with Crippen LogP contribution in [0.15, 0.2) is 46.3 Å². The molecule has 0 aromatic heterocycles. The molecule has 3 rings (SSSR count). The van der Waals surface area contributed by atoms with Crippen LogP contribution in [0.3, 0.4) is 0 Å². The summed E-state index contributed by atoms with van der Waals surface area (Å²) in [6.45, 7) is 13.6. The maximum atomic E-state index is 11.3. The van der Waals surface area contributed by atoms with Gasteiger partial charge in [0.1, 0.15) is 0 Å². The van der Waals surface area contributed by atoms with Crippen molar-refractivity contribution < 1.29 is 13.0 Å². The highest BCUT2D eigenvalue weighted by molar-refractivity contribution is 7.85. The van der Waals surface area contributed by atoms with E-state index in [0.29, 0.717) is 23.4 Å². The molecule has 2 atom stereocenters. The molecular formula is C23H29NO3S. The molecule has 2 aromatic rings. The average molecular weight is 400 g/mol. The van der Waals surface area contributed by atoms with E-state index in [-0.39, 0.29) is 10.3 Å². The number of fused-ring (bicyclic) bond motifs is 1. The van der Waals surface area contributed by atoms with E-state index in [4.69, 9.17) is 0 Å². The van der Waals surface area contributed by atoms with E-state index in [2.05, 4.69) is 58.7 Å². The standard InChI is InChI=1S/C23H29NO3S/c1-14(2)22-16(4)23(5,6)21-10-15(3)17(11-20(21)22)13-24-18-8-7-9-19(12-18)28(25,26)27/h7-14,16,22H,1-6H3,(H,25,26,27). The van der Waals surface area contributed by atoms with Crippen molar-refractivity contribution in [1.29, 1.82) is 0 Å². The maximum absolute atomic E-state index is 11.3. The Balaban J connectivity index is 2.03. The highest BCUT2D eigenvalue weighted by atomic mass is 32.2. The third-order valence-electron chi connectivity index (χ3n) is 6.35. The topological polar surface area (TPSA) is 66.7 Å². The van der Waals surface area contributed by atoms with Crippen LogP contribution in [0.5, 0.6) is 0 Å². The summed E-state index contributed by atoms with van der Waals surface area (Å²) >= 11 is 0. The maximum Gasteiger partial charge on any atom is 0.294 e. The summed E-state index contributed by atoms with van der Waals surface area (Å²) in [4.78, 5) is 4.31. The lowest BCUT2D eigenvalue weighted by Gasteiger charge is -2.30. The lowest BCUT2D eigenvalue weighted by molar-refractivity contribution is 0.286. The van der Waals surface area contributed by atoms with E-state index >= 15 is 0 Å². The van der Waals surface area contributed by atoms with Gasteiger partial charge in [0.25, 0.3) is 10.1 Å². The number of aliphatic imine (C=N–C) groups is 1. The molecule has 2 unspecified atom stereocenters. The molecule has 0 amide bonds. The number of aryl methyl sites for hydroxylation is 1. The Morgan fingerprint density at radius 2 is 1.86 bits per heavy atom. The first-order valence-electron chi connectivity index (χ1n) is 9.69. The van der Waals surface area contributed by atoms with Crippen LogP contribution in [0.4, 0.5) is 5.69 Å². The number of hydrogen-bond acceptors (Lipinski definition) is 3. The quantitative estimate of drug-likeness (QED) is 0.533. The summed E-state index contributed by atoms with van der Waals surface area (Å²) in [6.07, 6.45) is 1.78. The summed E-state index contributed by atoms with van der Waals surface area (Å²) in [5.41, 5.74) is 5.62. The van der Waals surface area contributed by atoms with E-state index in [1.165, 1.54) is 23.3 Å². The van der Waals surface area contributed by atoms with Crippen molar-refractivity contribution in [3.05, 3.63) is 58.7 Å². The van der Waals surface area contributed by atoms with Crippen LogP contribution >= 0.6 is 0 Å². The number of rotatable bonds is 4. The van der Waals surface area contributed by atoms with E-state index in [0.717, 1.165) is 11.1 Å². The predicted octanol–water partition coefficient (Wildman–Crippen LogP) is 5.66. The third kappa shape index (κ3) is 3.65. The van der Waals surface area contributed by atoms with Crippen molar-refractivity contribution in [3.8, 4) is 0 Å². The molecule has 1 N–H and O–H groups in total. The number of hydrogen-bond donors (Lipinski definition) is 1. The Kier molecular flexibility index (Phi) is 5.28. The molecule has 0 fully saturated rings. The molecule has 4 nitrogen and oxygen atoms in total. The first kappa shape index (κ1) is 20.7. The minimum absolute atomic E-state index is 0.133. The van der Waals surface area contributed by atoms with Crippen molar-refractivity contribution >= 4 is 22.0 Å². The van der Waals surface area contributed by atoms with Crippen molar-refractivity contribution in [3.63, 3.8) is 0 Å². The van der Waals surface area contributed by atoms with Crippen LogP contribution in [0.1, 0.15) is 62.8 Å². The molecule has 0 spiro atoms. The van der Waals surface area contributed by atoms with Crippen LogP contribution in [0, 0.1) is 18.8 Å². The summed E-state index contributed by atoms with van der Waals surface area (Å²) in [5.74, 6) is 1.61. The van der Waals surface area contributed by atoms with Gasteiger partial charge in [-0.25, -0.2) is 0 Å². The molecule has 0 saturated carbocycles. The van der Waals surface area contributed by atoms with Crippen molar-refractivity contribution in [2.45, 2.75) is 57.8 Å². The fraction of sp³-hybridized carbons (Fsp3) is 0.435. The smallest absolute Gasteiger partial charge is 0.282 e. The first-order valence-corrected chi connectivity index (χ1v) is 11.1. The monoisotopic (exact) mass is 399 g/mol. The molecule has 1 aliphatic carbocycles. The fourth-order valence-electron chi connectivity index (χ4n) is 4.48. The largest absolute Gasteiger partial charge is 0.294 e. The molecule has 2 aromatic carbocycles. The Labute approximate surface area is 168 Å². The molecule has 0 aliphatic heterocycles. The zero-order chi connectivity index (χ0) is 20.9. The van der Waals surface area contributed by atoms with E-state index in [1.54, 1.807) is 18.3 Å². The van der Waals surface area contributed by atoms with Crippen LogP contribution in [-0.2, 0) is 15.5 Å². The fourth-order valence-corrected chi connectivity index (χ4v) is 5.00. The average Bonchev–Trinajstić information content (AvgIpc) is 2.79. The van der Waals surface area contributed by atoms with E-state index in [9.17, 15) is 13.0 Å². The van der Waals surface area contributed by atoms with Crippen LogP contribution < -0.4 is 0 Å². The van der Waals surface area contributed by atoms with Crippen LogP contribution in [0.2, 0.25) is 0 Å². The molecular weight excluding hydrogens is 370 g/mol. The van der Waals surface area contributed by atoms with Gasteiger partial charge in [0.05, 0.1) is 10.6 Å². The Morgan fingerprint density at radius 3 is 2.46 bits per heavy atom. The van der Waals surface area contributed by atoms with Gasteiger partial charge in [-0.2, -0.15) is 8.42 Å². The van der Waals surface area contributed by atoms with Gasteiger partial charge in [0.15, 0.2) is 0 Å². The second kappa shape index (κ2) is 7.12. The van der Waals surface area contributed by atoms with Crippen molar-refractivity contribution in [2.24, 2.45) is 16.8 Å². The van der Waals surface area contributed by atoms with Crippen LogP contribution in [-0.4, -0.2) is 19.2 Å². The first-order chi connectivity index (χ1) is 12.9. The highest BCUT2D eigenvalue weighted by Crippen LogP contribution is 2.53. The second-order valence-corrected chi connectivity index (χ2v) is 10.2. The van der Waals surface area contributed by atoms with Crippen molar-refractivity contribution in [2.75, 3.05) is 0 Å². The summed E-state index contributed by atoms with van der Waals surface area (Å²) in [6, 6.07) is 10.5. The minimum Gasteiger partial charge on any atom is -0.282 e. The Hall–Kier alpha value is -1.98. The molecule has 0 heterocycles. The van der Waals surface area contributed by atoms with Crippen LogP contribution in [0.25, 0.3) is 0 Å². The number of nitrogens with zero attached hydrogens (tertiary/aromatic N) is 1. The predicted molar refractivity (Wildman–Crippen MR) is 114 cm³/mol. The van der Waals surface area contributed by atoms with E-state index < -0.39 is 10.1 Å². The van der Waals surface area contributed by atoms with E-state index in [1.807, 2.05) is 0 Å². The summed E-state index contributed by atoms with van der Waals surface area (Å²) in [5, 5.41) is 0.